The van der Waals surface area contributed by atoms with Gasteiger partial charge in [0.2, 0.25) is 0 Å². The second-order valence-electron chi connectivity index (χ2n) is 3.35. The summed E-state index contributed by atoms with van der Waals surface area (Å²) in [5, 5.41) is 13.2. The minimum atomic E-state index is 0.580. The molecule has 3 nitrogen and oxygen atoms in total. The van der Waals surface area contributed by atoms with Gasteiger partial charge in [-0.1, -0.05) is 15.9 Å². The van der Waals surface area contributed by atoms with Gasteiger partial charge in [0.25, 0.3) is 0 Å². The number of rotatable bonds is 2. The molecule has 2 aromatic rings. The van der Waals surface area contributed by atoms with Crippen molar-refractivity contribution in [2.24, 2.45) is 0 Å². The summed E-state index contributed by atoms with van der Waals surface area (Å²) in [6, 6.07) is 8.01. The Morgan fingerprint density at radius 1 is 1.50 bits per heavy atom. The summed E-state index contributed by atoms with van der Waals surface area (Å²) < 4.78 is 0.986. The predicted molar refractivity (Wildman–Crippen MR) is 68.3 cm³/mol. The van der Waals surface area contributed by atoms with Crippen LogP contribution in [0.5, 0.6) is 0 Å². The Hall–Kier alpha value is -1.60. The normalized spacial score (nSPS) is 10.1. The van der Waals surface area contributed by atoms with Gasteiger partial charge in [-0.25, -0.2) is 0 Å². The molecule has 1 heterocycles. The third-order valence-corrected chi connectivity index (χ3v) is 2.80. The lowest BCUT2D eigenvalue weighted by atomic mass is 10.1. The minimum Gasteiger partial charge on any atom is -0.384 e. The lowest BCUT2D eigenvalue weighted by Gasteiger charge is -2.09. The Balaban J connectivity index is 2.74. The van der Waals surface area contributed by atoms with Gasteiger partial charge in [0.05, 0.1) is 16.8 Å². The number of fused-ring (bicyclic) bond motifs is 1. The number of hydrogen-bond acceptors (Lipinski definition) is 3. The standard InChI is InChI=1S/C12H10BrN3/c1-2-15-12-8(6-14)7-16-11-5-9(13)3-4-10(11)12/h3-5,7H,2H2,1H3,(H,15,16). The number of anilines is 1. The summed E-state index contributed by atoms with van der Waals surface area (Å²) in [5.74, 6) is 0. The quantitative estimate of drug-likeness (QED) is 0.915. The summed E-state index contributed by atoms with van der Waals surface area (Å²) in [7, 11) is 0. The maximum absolute atomic E-state index is 9.02. The Labute approximate surface area is 102 Å². The lowest BCUT2D eigenvalue weighted by Crippen LogP contribution is -2.01. The molecule has 0 unspecified atom stereocenters. The van der Waals surface area contributed by atoms with Crippen LogP contribution in [0, 0.1) is 11.3 Å². The first-order valence-corrected chi connectivity index (χ1v) is 5.77. The lowest BCUT2D eigenvalue weighted by molar-refractivity contribution is 1.21. The summed E-state index contributed by atoms with van der Waals surface area (Å²) in [5.41, 5.74) is 2.32. The molecular weight excluding hydrogens is 266 g/mol. The molecule has 0 radical (unpaired) electrons. The SMILES string of the molecule is CCNc1c(C#N)cnc2cc(Br)ccc12. The highest BCUT2D eigenvalue weighted by Gasteiger charge is 2.07. The van der Waals surface area contributed by atoms with Gasteiger partial charge in [0, 0.05) is 22.6 Å². The largest absolute Gasteiger partial charge is 0.384 e. The molecule has 0 atom stereocenters. The van der Waals surface area contributed by atoms with Gasteiger partial charge in [-0.05, 0) is 25.1 Å². The molecule has 16 heavy (non-hydrogen) atoms. The van der Waals surface area contributed by atoms with Crippen molar-refractivity contribution in [2.75, 3.05) is 11.9 Å². The number of benzene rings is 1. The molecule has 0 aliphatic rings. The van der Waals surface area contributed by atoms with Crippen LogP contribution >= 0.6 is 15.9 Å². The molecule has 0 aliphatic carbocycles. The molecule has 0 spiro atoms. The van der Waals surface area contributed by atoms with E-state index >= 15 is 0 Å². The van der Waals surface area contributed by atoms with E-state index in [0.717, 1.165) is 27.6 Å². The molecule has 0 amide bonds. The van der Waals surface area contributed by atoms with Gasteiger partial charge >= 0.3 is 0 Å². The minimum absolute atomic E-state index is 0.580. The first-order chi connectivity index (χ1) is 7.76. The third-order valence-electron chi connectivity index (χ3n) is 2.31. The van der Waals surface area contributed by atoms with E-state index in [1.165, 1.54) is 0 Å². The van der Waals surface area contributed by atoms with Crippen LogP contribution in [-0.2, 0) is 0 Å². The van der Waals surface area contributed by atoms with Gasteiger partial charge in [-0.2, -0.15) is 5.26 Å². The monoisotopic (exact) mass is 275 g/mol. The maximum Gasteiger partial charge on any atom is 0.103 e. The molecule has 2 rings (SSSR count). The number of hydrogen-bond donors (Lipinski definition) is 1. The van der Waals surface area contributed by atoms with E-state index in [0.29, 0.717) is 5.56 Å². The predicted octanol–water partition coefficient (Wildman–Crippen LogP) is 3.30. The van der Waals surface area contributed by atoms with Crippen LogP contribution in [0.15, 0.2) is 28.9 Å². The number of aromatic nitrogens is 1. The van der Waals surface area contributed by atoms with E-state index in [1.54, 1.807) is 6.20 Å². The molecule has 0 saturated carbocycles. The number of nitrogens with one attached hydrogen (secondary N) is 1. The summed E-state index contributed by atoms with van der Waals surface area (Å²) in [6.07, 6.45) is 1.60. The van der Waals surface area contributed by atoms with Crippen molar-refractivity contribution in [3.63, 3.8) is 0 Å². The second-order valence-corrected chi connectivity index (χ2v) is 4.27. The number of nitrogens with zero attached hydrogens (tertiary/aromatic N) is 2. The first-order valence-electron chi connectivity index (χ1n) is 4.98. The molecule has 1 aromatic carbocycles. The average Bonchev–Trinajstić information content (AvgIpc) is 2.29. The van der Waals surface area contributed by atoms with Crippen LogP contribution < -0.4 is 5.32 Å². The summed E-state index contributed by atoms with van der Waals surface area (Å²) >= 11 is 3.41. The van der Waals surface area contributed by atoms with Gasteiger partial charge in [0.15, 0.2) is 0 Å². The molecule has 0 fully saturated rings. The Morgan fingerprint density at radius 3 is 3.00 bits per heavy atom. The van der Waals surface area contributed by atoms with E-state index in [2.05, 4.69) is 32.3 Å². The van der Waals surface area contributed by atoms with E-state index in [1.807, 2.05) is 25.1 Å². The van der Waals surface area contributed by atoms with Crippen LogP contribution in [0.25, 0.3) is 10.9 Å². The molecule has 80 valence electrons. The van der Waals surface area contributed by atoms with Crippen LogP contribution in [0.1, 0.15) is 12.5 Å². The van der Waals surface area contributed by atoms with Crippen molar-refractivity contribution in [1.82, 2.24) is 4.98 Å². The average molecular weight is 276 g/mol. The maximum atomic E-state index is 9.02. The number of nitriles is 1. The summed E-state index contributed by atoms with van der Waals surface area (Å²) in [4.78, 5) is 4.26. The number of halogens is 1. The highest BCUT2D eigenvalue weighted by Crippen LogP contribution is 2.27. The van der Waals surface area contributed by atoms with Crippen LogP contribution in [-0.4, -0.2) is 11.5 Å². The van der Waals surface area contributed by atoms with Crippen molar-refractivity contribution in [2.45, 2.75) is 6.92 Å². The first kappa shape index (κ1) is 10.9. The molecular formula is C12H10BrN3. The van der Waals surface area contributed by atoms with Gasteiger partial charge < -0.3 is 5.32 Å². The highest BCUT2D eigenvalue weighted by atomic mass is 79.9. The van der Waals surface area contributed by atoms with Crippen LogP contribution in [0.2, 0.25) is 0 Å². The van der Waals surface area contributed by atoms with Gasteiger partial charge in [-0.15, -0.1) is 0 Å². The smallest absolute Gasteiger partial charge is 0.103 e. The second kappa shape index (κ2) is 4.50. The Kier molecular flexibility index (Phi) is 3.07. The number of pyridine rings is 1. The Morgan fingerprint density at radius 2 is 2.31 bits per heavy atom. The summed E-state index contributed by atoms with van der Waals surface area (Å²) in [6.45, 7) is 2.79. The molecule has 1 aromatic heterocycles. The van der Waals surface area contributed by atoms with Crippen molar-refractivity contribution >= 4 is 32.5 Å². The zero-order valence-corrected chi connectivity index (χ0v) is 10.4. The van der Waals surface area contributed by atoms with Gasteiger partial charge in [-0.3, -0.25) is 4.98 Å². The molecule has 0 bridgehead atoms. The zero-order valence-electron chi connectivity index (χ0n) is 8.79. The fourth-order valence-electron chi connectivity index (χ4n) is 1.62. The molecule has 4 heteroatoms. The fraction of sp³-hybridized carbons (Fsp3) is 0.167. The molecule has 0 aliphatic heterocycles. The van der Waals surface area contributed by atoms with Gasteiger partial charge in [0.1, 0.15) is 6.07 Å². The molecule has 1 N–H and O–H groups in total. The Bertz CT molecular complexity index is 572. The van der Waals surface area contributed by atoms with Crippen molar-refractivity contribution in [1.29, 1.82) is 5.26 Å². The van der Waals surface area contributed by atoms with Crippen molar-refractivity contribution in [3.8, 4) is 6.07 Å². The van der Waals surface area contributed by atoms with Crippen molar-refractivity contribution < 1.29 is 0 Å². The zero-order chi connectivity index (χ0) is 11.5. The van der Waals surface area contributed by atoms with Crippen LogP contribution in [0.4, 0.5) is 5.69 Å². The van der Waals surface area contributed by atoms with E-state index in [4.69, 9.17) is 5.26 Å². The molecule has 0 saturated heterocycles. The van der Waals surface area contributed by atoms with E-state index in [9.17, 15) is 0 Å². The fourth-order valence-corrected chi connectivity index (χ4v) is 1.97. The van der Waals surface area contributed by atoms with E-state index < -0.39 is 0 Å². The van der Waals surface area contributed by atoms with Crippen molar-refractivity contribution in [3.05, 3.63) is 34.4 Å². The topological polar surface area (TPSA) is 48.7 Å². The highest BCUT2D eigenvalue weighted by molar-refractivity contribution is 9.10. The third kappa shape index (κ3) is 1.86. The van der Waals surface area contributed by atoms with Crippen LogP contribution in [0.3, 0.4) is 0 Å². The van der Waals surface area contributed by atoms with E-state index in [-0.39, 0.29) is 0 Å².